The summed E-state index contributed by atoms with van der Waals surface area (Å²) in [4.78, 5) is 15.1. The molecule has 1 heterocycles. The van der Waals surface area contributed by atoms with Gasteiger partial charge in [-0.05, 0) is 42.7 Å². The molecule has 0 bridgehead atoms. The summed E-state index contributed by atoms with van der Waals surface area (Å²) < 4.78 is 19.8. The van der Waals surface area contributed by atoms with Crippen molar-refractivity contribution in [1.29, 1.82) is 0 Å². The van der Waals surface area contributed by atoms with Crippen LogP contribution in [0, 0.1) is 5.82 Å². The van der Waals surface area contributed by atoms with Crippen LogP contribution in [0.3, 0.4) is 0 Å². The van der Waals surface area contributed by atoms with Crippen molar-refractivity contribution < 1.29 is 19.0 Å². The van der Waals surface area contributed by atoms with E-state index in [9.17, 15) is 9.18 Å². The maximum absolute atomic E-state index is 13.9. The molecule has 3 rings (SSSR count). The third kappa shape index (κ3) is 5.25. The molecule has 162 valence electrons. The van der Waals surface area contributed by atoms with Gasteiger partial charge in [0.15, 0.2) is 11.6 Å². The molecule has 2 atom stereocenters. The first-order valence-electron chi connectivity index (χ1n) is 9.30. The number of hydrogen-bond donors (Lipinski definition) is 3. The Hall–Kier alpha value is -2.87. The standard InChI is InChI=1S/C22H20Cl2FN3O3/c1-11(19-15(23)6-7-16(25)20(19)24)31-18-9-14(10-28-21(18)27)13-4-2-12(3-5-13)8-17(26)22(29)30/h2-7,9-11,17H,8,26H2,1H3,(H2,27,28)(H,29,30)/t11?,17-/m0/s1. The molecule has 0 amide bonds. The van der Waals surface area contributed by atoms with Crippen molar-refractivity contribution in [2.75, 3.05) is 5.73 Å². The normalized spacial score (nSPS) is 12.9. The molecule has 0 aliphatic heterocycles. The van der Waals surface area contributed by atoms with E-state index in [1.54, 1.807) is 31.3 Å². The lowest BCUT2D eigenvalue weighted by Gasteiger charge is -2.19. The first-order valence-corrected chi connectivity index (χ1v) is 10.1. The van der Waals surface area contributed by atoms with E-state index < -0.39 is 23.9 Å². The number of carboxylic acid groups (broad SMARTS) is 1. The minimum Gasteiger partial charge on any atom is -0.482 e. The van der Waals surface area contributed by atoms with Crippen molar-refractivity contribution in [1.82, 2.24) is 4.98 Å². The Kier molecular flexibility index (Phi) is 7.00. The highest BCUT2D eigenvalue weighted by molar-refractivity contribution is 6.36. The van der Waals surface area contributed by atoms with E-state index >= 15 is 0 Å². The van der Waals surface area contributed by atoms with Crippen molar-refractivity contribution in [2.45, 2.75) is 25.5 Å². The smallest absolute Gasteiger partial charge is 0.320 e. The molecule has 3 aromatic rings. The van der Waals surface area contributed by atoms with Gasteiger partial charge in [0.25, 0.3) is 0 Å². The number of aromatic nitrogens is 1. The number of nitrogen functional groups attached to an aromatic ring is 1. The number of nitrogens with two attached hydrogens (primary N) is 2. The highest BCUT2D eigenvalue weighted by Gasteiger charge is 2.20. The number of hydrogen-bond acceptors (Lipinski definition) is 5. The Bertz CT molecular complexity index is 1110. The minimum atomic E-state index is -1.05. The van der Waals surface area contributed by atoms with Crippen LogP contribution in [0.4, 0.5) is 10.2 Å². The van der Waals surface area contributed by atoms with E-state index in [0.717, 1.165) is 16.7 Å². The molecule has 1 unspecified atom stereocenters. The lowest BCUT2D eigenvalue weighted by atomic mass is 10.0. The first-order chi connectivity index (χ1) is 14.7. The highest BCUT2D eigenvalue weighted by Crippen LogP contribution is 2.37. The van der Waals surface area contributed by atoms with Gasteiger partial charge < -0.3 is 21.3 Å². The summed E-state index contributed by atoms with van der Waals surface area (Å²) in [5, 5.41) is 9.10. The molecule has 0 aliphatic rings. The number of pyridine rings is 1. The van der Waals surface area contributed by atoms with Crippen molar-refractivity contribution >= 4 is 35.0 Å². The Labute approximate surface area is 188 Å². The zero-order valence-electron chi connectivity index (χ0n) is 16.5. The van der Waals surface area contributed by atoms with E-state index in [-0.39, 0.29) is 22.3 Å². The maximum atomic E-state index is 13.9. The van der Waals surface area contributed by atoms with Crippen LogP contribution < -0.4 is 16.2 Å². The number of ether oxygens (including phenoxy) is 1. The third-order valence-electron chi connectivity index (χ3n) is 4.73. The van der Waals surface area contributed by atoms with Crippen LogP contribution in [0.5, 0.6) is 5.75 Å². The number of carbonyl (C=O) groups is 1. The molecule has 2 aromatic carbocycles. The Balaban J connectivity index is 1.84. The Morgan fingerprint density at radius 3 is 2.52 bits per heavy atom. The Morgan fingerprint density at radius 2 is 1.87 bits per heavy atom. The van der Waals surface area contributed by atoms with E-state index in [4.69, 9.17) is 44.5 Å². The second-order valence-electron chi connectivity index (χ2n) is 6.97. The van der Waals surface area contributed by atoms with Crippen LogP contribution in [0.15, 0.2) is 48.7 Å². The molecule has 6 nitrogen and oxygen atoms in total. The summed E-state index contributed by atoms with van der Waals surface area (Å²) in [6, 6.07) is 10.6. The average molecular weight is 464 g/mol. The van der Waals surface area contributed by atoms with Gasteiger partial charge >= 0.3 is 5.97 Å². The number of halogens is 3. The van der Waals surface area contributed by atoms with Gasteiger partial charge in [-0.2, -0.15) is 0 Å². The molecule has 0 radical (unpaired) electrons. The van der Waals surface area contributed by atoms with E-state index in [2.05, 4.69) is 4.98 Å². The van der Waals surface area contributed by atoms with Gasteiger partial charge in [0.2, 0.25) is 0 Å². The van der Waals surface area contributed by atoms with Crippen LogP contribution in [0.1, 0.15) is 24.2 Å². The van der Waals surface area contributed by atoms with Gasteiger partial charge in [0.05, 0.1) is 5.02 Å². The van der Waals surface area contributed by atoms with Crippen molar-refractivity contribution in [2.24, 2.45) is 5.73 Å². The van der Waals surface area contributed by atoms with E-state index in [0.29, 0.717) is 11.3 Å². The van der Waals surface area contributed by atoms with Gasteiger partial charge in [-0.3, -0.25) is 4.79 Å². The summed E-state index contributed by atoms with van der Waals surface area (Å²) in [7, 11) is 0. The van der Waals surface area contributed by atoms with Gasteiger partial charge in [-0.25, -0.2) is 9.37 Å². The highest BCUT2D eigenvalue weighted by atomic mass is 35.5. The van der Waals surface area contributed by atoms with Gasteiger partial charge in [-0.1, -0.05) is 47.5 Å². The van der Waals surface area contributed by atoms with Crippen molar-refractivity contribution in [3.63, 3.8) is 0 Å². The largest absolute Gasteiger partial charge is 0.482 e. The monoisotopic (exact) mass is 463 g/mol. The number of anilines is 1. The van der Waals surface area contributed by atoms with Crippen molar-refractivity contribution in [3.05, 3.63) is 75.7 Å². The predicted molar refractivity (Wildman–Crippen MR) is 119 cm³/mol. The molecule has 1 aromatic heterocycles. The molecule has 31 heavy (non-hydrogen) atoms. The van der Waals surface area contributed by atoms with E-state index in [1.165, 1.54) is 12.1 Å². The fourth-order valence-corrected chi connectivity index (χ4v) is 3.72. The number of aliphatic carboxylic acids is 1. The molecule has 0 aliphatic carbocycles. The predicted octanol–water partition coefficient (Wildman–Crippen LogP) is 4.87. The molecular formula is C22H20Cl2FN3O3. The molecule has 0 saturated heterocycles. The quantitative estimate of drug-likeness (QED) is 0.430. The number of nitrogens with zero attached hydrogens (tertiary/aromatic N) is 1. The summed E-state index contributed by atoms with van der Waals surface area (Å²) in [5.41, 5.74) is 14.2. The second kappa shape index (κ2) is 9.51. The maximum Gasteiger partial charge on any atom is 0.320 e. The third-order valence-corrected chi connectivity index (χ3v) is 5.45. The first kappa shape index (κ1) is 22.8. The van der Waals surface area contributed by atoms with Crippen LogP contribution in [-0.4, -0.2) is 22.1 Å². The minimum absolute atomic E-state index is 0.113. The molecule has 9 heteroatoms. The van der Waals surface area contributed by atoms with Crippen LogP contribution in [0.25, 0.3) is 11.1 Å². The zero-order chi connectivity index (χ0) is 22.7. The SMILES string of the molecule is CC(Oc1cc(-c2ccc(C[C@H](N)C(=O)O)cc2)cnc1N)c1c(Cl)ccc(F)c1Cl. The van der Waals surface area contributed by atoms with Crippen molar-refractivity contribution in [3.8, 4) is 16.9 Å². The van der Waals surface area contributed by atoms with Crippen LogP contribution >= 0.6 is 23.2 Å². The summed E-state index contributed by atoms with van der Waals surface area (Å²) >= 11 is 12.2. The Morgan fingerprint density at radius 1 is 1.19 bits per heavy atom. The fourth-order valence-electron chi connectivity index (χ4n) is 3.05. The molecule has 0 spiro atoms. The topological polar surface area (TPSA) is 111 Å². The summed E-state index contributed by atoms with van der Waals surface area (Å²) in [6.07, 6.45) is 1.12. The molecule has 5 N–H and O–H groups in total. The molecule has 0 fully saturated rings. The zero-order valence-corrected chi connectivity index (χ0v) is 18.0. The van der Waals surface area contributed by atoms with Gasteiger partial charge in [0, 0.05) is 22.3 Å². The lowest BCUT2D eigenvalue weighted by Crippen LogP contribution is -2.32. The second-order valence-corrected chi connectivity index (χ2v) is 7.76. The average Bonchev–Trinajstić information content (AvgIpc) is 2.73. The summed E-state index contributed by atoms with van der Waals surface area (Å²) in [5.74, 6) is -1.21. The number of benzene rings is 2. The van der Waals surface area contributed by atoms with Crippen LogP contribution in [-0.2, 0) is 11.2 Å². The molecular weight excluding hydrogens is 444 g/mol. The van der Waals surface area contributed by atoms with Gasteiger partial charge in [0.1, 0.15) is 18.0 Å². The number of rotatable bonds is 7. The summed E-state index contributed by atoms with van der Waals surface area (Å²) in [6.45, 7) is 1.68. The number of carboxylic acids is 1. The molecule has 0 saturated carbocycles. The fraction of sp³-hybridized carbons (Fsp3) is 0.182. The van der Waals surface area contributed by atoms with Gasteiger partial charge in [-0.15, -0.1) is 0 Å². The lowest BCUT2D eigenvalue weighted by molar-refractivity contribution is -0.138. The van der Waals surface area contributed by atoms with Crippen LogP contribution in [0.2, 0.25) is 10.0 Å². The van der Waals surface area contributed by atoms with E-state index in [1.807, 2.05) is 12.1 Å².